The van der Waals surface area contributed by atoms with Gasteiger partial charge in [0.05, 0.1) is 5.92 Å². The van der Waals surface area contributed by atoms with Crippen molar-refractivity contribution in [3.05, 3.63) is 0 Å². The van der Waals surface area contributed by atoms with Gasteiger partial charge in [0.2, 0.25) is 0 Å². The van der Waals surface area contributed by atoms with E-state index in [4.69, 9.17) is 16.7 Å². The molecule has 0 bridgehead atoms. The van der Waals surface area contributed by atoms with Crippen LogP contribution in [0.3, 0.4) is 0 Å². The van der Waals surface area contributed by atoms with Gasteiger partial charge in [-0.25, -0.2) is 0 Å². The smallest absolute Gasteiger partial charge is 0.391 e. The quantitative estimate of drug-likeness (QED) is 0.788. The van der Waals surface area contributed by atoms with Crippen LogP contribution >= 0.6 is 11.6 Å². The summed E-state index contributed by atoms with van der Waals surface area (Å²) in [5.74, 6) is -2.40. The molecule has 3 nitrogen and oxygen atoms in total. The molecule has 1 rings (SSSR count). The number of carbonyl (C=O) groups is 1. The van der Waals surface area contributed by atoms with Gasteiger partial charge in [-0.2, -0.15) is 13.2 Å². The number of carboxylic acid groups (broad SMARTS) is 1. The molecule has 1 aliphatic rings. The fourth-order valence-electron chi connectivity index (χ4n) is 1.75. The van der Waals surface area contributed by atoms with Crippen LogP contribution in [0.5, 0.6) is 0 Å². The first-order chi connectivity index (χ1) is 7.30. The Morgan fingerprint density at radius 3 is 2.31 bits per heavy atom. The lowest BCUT2D eigenvalue weighted by Gasteiger charge is -2.33. The number of hydrogen-bond acceptors (Lipinski definition) is 2. The van der Waals surface area contributed by atoms with Crippen molar-refractivity contribution in [1.82, 2.24) is 4.90 Å². The van der Waals surface area contributed by atoms with Crippen LogP contribution in [0.2, 0.25) is 0 Å². The maximum Gasteiger partial charge on any atom is 0.391 e. The highest BCUT2D eigenvalue weighted by Crippen LogP contribution is 2.34. The van der Waals surface area contributed by atoms with E-state index in [1.165, 1.54) is 0 Å². The first-order valence-electron chi connectivity index (χ1n) is 4.96. The SMILES string of the molecule is O=C(O)C(Cl)CN1CCC(C(F)(F)F)CC1. The summed E-state index contributed by atoms with van der Waals surface area (Å²) in [7, 11) is 0. The minimum absolute atomic E-state index is 0.0206. The minimum Gasteiger partial charge on any atom is -0.480 e. The van der Waals surface area contributed by atoms with Crippen molar-refractivity contribution >= 4 is 17.6 Å². The van der Waals surface area contributed by atoms with Crippen LogP contribution < -0.4 is 0 Å². The Morgan fingerprint density at radius 1 is 1.44 bits per heavy atom. The van der Waals surface area contributed by atoms with E-state index >= 15 is 0 Å². The van der Waals surface area contributed by atoms with Crippen molar-refractivity contribution in [1.29, 1.82) is 0 Å². The van der Waals surface area contributed by atoms with Crippen LogP contribution in [0.25, 0.3) is 0 Å². The van der Waals surface area contributed by atoms with Crippen LogP contribution in [0.4, 0.5) is 13.2 Å². The minimum atomic E-state index is -4.14. The van der Waals surface area contributed by atoms with Crippen molar-refractivity contribution in [3.8, 4) is 0 Å². The van der Waals surface area contributed by atoms with Gasteiger partial charge in [0.1, 0.15) is 5.38 Å². The monoisotopic (exact) mass is 259 g/mol. The summed E-state index contributed by atoms with van der Waals surface area (Å²) in [4.78, 5) is 12.1. The number of alkyl halides is 4. The average molecular weight is 260 g/mol. The molecule has 1 heterocycles. The molecule has 0 radical (unpaired) electrons. The molecule has 0 aromatic rings. The number of carboxylic acids is 1. The summed E-state index contributed by atoms with van der Waals surface area (Å²) in [5.41, 5.74) is 0. The van der Waals surface area contributed by atoms with E-state index in [0.29, 0.717) is 0 Å². The first kappa shape index (κ1) is 13.6. The van der Waals surface area contributed by atoms with Gasteiger partial charge < -0.3 is 10.0 Å². The molecule has 7 heteroatoms. The topological polar surface area (TPSA) is 40.5 Å². The van der Waals surface area contributed by atoms with Crippen molar-refractivity contribution in [2.75, 3.05) is 19.6 Å². The average Bonchev–Trinajstić information content (AvgIpc) is 2.17. The first-order valence-corrected chi connectivity index (χ1v) is 5.40. The maximum absolute atomic E-state index is 12.3. The second-order valence-corrected chi connectivity index (χ2v) is 4.45. The number of halogens is 4. The molecule has 1 atom stereocenters. The molecule has 1 saturated heterocycles. The third kappa shape index (κ3) is 3.83. The molecule has 1 fully saturated rings. The van der Waals surface area contributed by atoms with Crippen LogP contribution in [0.1, 0.15) is 12.8 Å². The summed E-state index contributed by atoms with van der Waals surface area (Å²) >= 11 is 5.51. The zero-order chi connectivity index (χ0) is 12.3. The van der Waals surface area contributed by atoms with Gasteiger partial charge in [-0.05, 0) is 25.9 Å². The molecule has 1 aliphatic heterocycles. The lowest BCUT2D eigenvalue weighted by molar-refractivity contribution is -0.185. The van der Waals surface area contributed by atoms with E-state index in [2.05, 4.69) is 0 Å². The number of likely N-dealkylation sites (tertiary alicyclic amines) is 1. The number of rotatable bonds is 3. The fourth-order valence-corrected chi connectivity index (χ4v) is 1.94. The van der Waals surface area contributed by atoms with Crippen molar-refractivity contribution in [2.45, 2.75) is 24.4 Å². The van der Waals surface area contributed by atoms with E-state index in [-0.39, 0.29) is 32.5 Å². The second-order valence-electron chi connectivity index (χ2n) is 3.92. The van der Waals surface area contributed by atoms with Crippen LogP contribution in [0, 0.1) is 5.92 Å². The molecule has 0 amide bonds. The largest absolute Gasteiger partial charge is 0.480 e. The van der Waals surface area contributed by atoms with E-state index in [0.717, 1.165) is 0 Å². The number of nitrogens with zero attached hydrogens (tertiary/aromatic N) is 1. The van der Waals surface area contributed by atoms with Crippen LogP contribution in [-0.4, -0.2) is 47.2 Å². The molecule has 0 aromatic carbocycles. The normalized spacial score (nSPS) is 22.0. The highest BCUT2D eigenvalue weighted by Gasteiger charge is 2.41. The third-order valence-corrected chi connectivity index (χ3v) is 3.06. The van der Waals surface area contributed by atoms with Gasteiger partial charge in [-0.3, -0.25) is 4.79 Å². The van der Waals surface area contributed by atoms with Gasteiger partial charge >= 0.3 is 12.1 Å². The molecule has 1 unspecified atom stereocenters. The molecule has 94 valence electrons. The maximum atomic E-state index is 12.3. The van der Waals surface area contributed by atoms with Crippen molar-refractivity contribution in [3.63, 3.8) is 0 Å². The van der Waals surface area contributed by atoms with E-state index < -0.39 is 23.4 Å². The molecule has 0 saturated carbocycles. The lowest BCUT2D eigenvalue weighted by Crippen LogP contribution is -2.42. The Morgan fingerprint density at radius 2 is 1.94 bits per heavy atom. The Hall–Kier alpha value is -0.490. The highest BCUT2D eigenvalue weighted by atomic mass is 35.5. The van der Waals surface area contributed by atoms with Crippen molar-refractivity contribution in [2.24, 2.45) is 5.92 Å². The predicted molar refractivity (Wildman–Crippen MR) is 52.5 cm³/mol. The third-order valence-electron chi connectivity index (χ3n) is 2.74. The van der Waals surface area contributed by atoms with E-state index in [9.17, 15) is 18.0 Å². The van der Waals surface area contributed by atoms with Gasteiger partial charge in [0.25, 0.3) is 0 Å². The molecule has 0 aromatic heterocycles. The van der Waals surface area contributed by atoms with Gasteiger partial charge in [0.15, 0.2) is 0 Å². The summed E-state index contributed by atoms with van der Waals surface area (Å²) < 4.78 is 37.0. The zero-order valence-electron chi connectivity index (χ0n) is 8.50. The van der Waals surface area contributed by atoms with Crippen molar-refractivity contribution < 1.29 is 23.1 Å². The predicted octanol–water partition coefficient (Wildman–Crippen LogP) is 1.95. The zero-order valence-corrected chi connectivity index (χ0v) is 9.26. The Balaban J connectivity index is 2.35. The molecule has 16 heavy (non-hydrogen) atoms. The molecule has 0 aliphatic carbocycles. The van der Waals surface area contributed by atoms with Gasteiger partial charge in [-0.1, -0.05) is 0 Å². The lowest BCUT2D eigenvalue weighted by atomic mass is 9.96. The molecule has 1 N–H and O–H groups in total. The van der Waals surface area contributed by atoms with Crippen LogP contribution in [0.15, 0.2) is 0 Å². The molecular weight excluding hydrogens is 247 g/mol. The summed E-state index contributed by atoms with van der Waals surface area (Å²) in [6.07, 6.45) is -4.10. The molecular formula is C9H13ClF3NO2. The van der Waals surface area contributed by atoms with E-state index in [1.54, 1.807) is 4.90 Å². The summed E-state index contributed by atoms with van der Waals surface area (Å²) in [5, 5.41) is 7.50. The number of hydrogen-bond donors (Lipinski definition) is 1. The van der Waals surface area contributed by atoms with Crippen LogP contribution in [-0.2, 0) is 4.79 Å². The Bertz CT molecular complexity index is 252. The number of piperidine rings is 1. The molecule has 0 spiro atoms. The fraction of sp³-hybridized carbons (Fsp3) is 0.889. The van der Waals surface area contributed by atoms with E-state index in [1.807, 2.05) is 0 Å². The Kier molecular flexibility index (Phi) is 4.43. The summed E-state index contributed by atoms with van der Waals surface area (Å²) in [6, 6.07) is 0. The summed E-state index contributed by atoms with van der Waals surface area (Å²) in [6.45, 7) is 0.600. The van der Waals surface area contributed by atoms with Gasteiger partial charge in [-0.15, -0.1) is 11.6 Å². The van der Waals surface area contributed by atoms with Gasteiger partial charge in [0, 0.05) is 6.54 Å². The Labute approximate surface area is 96.2 Å². The second kappa shape index (κ2) is 5.23. The highest BCUT2D eigenvalue weighted by molar-refractivity contribution is 6.29. The standard InChI is InChI=1S/C9H13ClF3NO2/c10-7(8(15)16)5-14-3-1-6(2-4-14)9(11,12)13/h6-7H,1-5H2,(H,15,16). The number of aliphatic carboxylic acids is 1.